The Bertz CT molecular complexity index is 852. The minimum atomic E-state index is -4.09. The zero-order chi connectivity index (χ0) is 18.8. The smallest absolute Gasteiger partial charge is 0.318 e. The minimum absolute atomic E-state index is 0.0259. The van der Waals surface area contributed by atoms with E-state index in [0.717, 1.165) is 9.87 Å². The molecule has 0 fully saturated rings. The Morgan fingerprint density at radius 3 is 2.44 bits per heavy atom. The average molecular weight is 371 g/mol. The molecule has 25 heavy (non-hydrogen) atoms. The van der Waals surface area contributed by atoms with Crippen molar-refractivity contribution in [1.29, 1.82) is 0 Å². The lowest BCUT2D eigenvalue weighted by Gasteiger charge is -2.20. The molecule has 2 heterocycles. The standard InChI is InChI=1S/C15H21N3O6S/c1-10-11(2)16-24-15(10)12-5-6-14(23-12)25(21,22)18(9-13(19)20)8-7-17(3)4/h5-6H,7-9H2,1-4H3,(H,19,20). The summed E-state index contributed by atoms with van der Waals surface area (Å²) >= 11 is 0. The van der Waals surface area contributed by atoms with Gasteiger partial charge in [-0.05, 0) is 40.1 Å². The zero-order valence-corrected chi connectivity index (χ0v) is 15.3. The highest BCUT2D eigenvalue weighted by atomic mass is 32.2. The third-order valence-corrected chi connectivity index (χ3v) is 5.38. The number of carboxylic acids is 1. The summed E-state index contributed by atoms with van der Waals surface area (Å²) in [4.78, 5) is 12.8. The van der Waals surface area contributed by atoms with E-state index in [-0.39, 0.29) is 17.4 Å². The molecule has 0 aromatic carbocycles. The second-order valence-electron chi connectivity index (χ2n) is 5.88. The zero-order valence-electron chi connectivity index (χ0n) is 14.5. The van der Waals surface area contributed by atoms with Crippen LogP contribution in [0.1, 0.15) is 11.3 Å². The second-order valence-corrected chi connectivity index (χ2v) is 7.75. The van der Waals surface area contributed by atoms with E-state index in [1.165, 1.54) is 12.1 Å². The molecule has 2 aromatic rings. The Morgan fingerprint density at radius 2 is 1.92 bits per heavy atom. The largest absolute Gasteiger partial charge is 0.480 e. The summed E-state index contributed by atoms with van der Waals surface area (Å²) in [5.74, 6) is -0.674. The maximum absolute atomic E-state index is 12.7. The fourth-order valence-corrected chi connectivity index (χ4v) is 3.39. The molecule has 0 amide bonds. The van der Waals surface area contributed by atoms with Crippen LogP contribution in [0.5, 0.6) is 0 Å². The van der Waals surface area contributed by atoms with Gasteiger partial charge >= 0.3 is 5.97 Å². The first-order valence-corrected chi connectivity index (χ1v) is 8.96. The Labute approximate surface area is 145 Å². The summed E-state index contributed by atoms with van der Waals surface area (Å²) in [7, 11) is -0.549. The van der Waals surface area contributed by atoms with E-state index in [0.29, 0.717) is 18.0 Å². The molecule has 9 nitrogen and oxygen atoms in total. The van der Waals surface area contributed by atoms with Gasteiger partial charge in [-0.1, -0.05) is 5.16 Å². The van der Waals surface area contributed by atoms with Gasteiger partial charge in [-0.25, -0.2) is 8.42 Å². The summed E-state index contributed by atoms with van der Waals surface area (Å²) in [5.41, 5.74) is 1.42. The Kier molecular flexibility index (Phi) is 5.65. The molecule has 0 atom stereocenters. The number of carbonyl (C=O) groups is 1. The van der Waals surface area contributed by atoms with Crippen molar-refractivity contribution in [3.8, 4) is 11.5 Å². The number of carboxylic acid groups (broad SMARTS) is 1. The van der Waals surface area contributed by atoms with Crippen molar-refractivity contribution < 1.29 is 27.3 Å². The molecule has 0 aliphatic heterocycles. The molecule has 0 spiro atoms. The Morgan fingerprint density at radius 1 is 1.24 bits per heavy atom. The highest BCUT2D eigenvalue weighted by molar-refractivity contribution is 7.89. The van der Waals surface area contributed by atoms with Crippen molar-refractivity contribution in [3.05, 3.63) is 23.4 Å². The molecule has 2 aromatic heterocycles. The molecule has 0 aliphatic rings. The Balaban J connectivity index is 2.33. The summed E-state index contributed by atoms with van der Waals surface area (Å²) in [5, 5.41) is 12.5. The van der Waals surface area contributed by atoms with Crippen molar-refractivity contribution in [2.45, 2.75) is 18.9 Å². The number of likely N-dealkylation sites (N-methyl/N-ethyl adjacent to an activating group) is 1. The van der Waals surface area contributed by atoms with Crippen LogP contribution < -0.4 is 0 Å². The van der Waals surface area contributed by atoms with E-state index >= 15 is 0 Å². The van der Waals surface area contributed by atoms with Gasteiger partial charge in [-0.3, -0.25) is 4.79 Å². The van der Waals surface area contributed by atoms with Crippen LogP contribution in [0, 0.1) is 13.8 Å². The molecule has 0 unspecified atom stereocenters. The summed E-state index contributed by atoms with van der Waals surface area (Å²) in [6.45, 7) is 3.30. The highest BCUT2D eigenvalue weighted by Gasteiger charge is 2.30. The van der Waals surface area contributed by atoms with Crippen molar-refractivity contribution in [2.24, 2.45) is 0 Å². The van der Waals surface area contributed by atoms with Crippen molar-refractivity contribution in [1.82, 2.24) is 14.4 Å². The number of hydrogen-bond acceptors (Lipinski definition) is 7. The predicted molar refractivity (Wildman–Crippen MR) is 88.6 cm³/mol. The average Bonchev–Trinajstić information content (AvgIpc) is 3.11. The van der Waals surface area contributed by atoms with Crippen LogP contribution in [0.25, 0.3) is 11.5 Å². The highest BCUT2D eigenvalue weighted by Crippen LogP contribution is 2.29. The van der Waals surface area contributed by atoms with Crippen LogP contribution in [0.4, 0.5) is 0 Å². The maximum atomic E-state index is 12.7. The normalized spacial score (nSPS) is 12.2. The van der Waals surface area contributed by atoms with Crippen molar-refractivity contribution in [3.63, 3.8) is 0 Å². The fourth-order valence-electron chi connectivity index (χ4n) is 2.10. The Hall–Kier alpha value is -2.17. The summed E-state index contributed by atoms with van der Waals surface area (Å²) in [6, 6.07) is 2.75. The van der Waals surface area contributed by atoms with Crippen molar-refractivity contribution in [2.75, 3.05) is 33.7 Å². The SMILES string of the molecule is Cc1noc(-c2ccc(S(=O)(=O)N(CCN(C)C)CC(=O)O)o2)c1C. The van der Waals surface area contributed by atoms with Crippen LogP contribution in [0.2, 0.25) is 0 Å². The van der Waals surface area contributed by atoms with E-state index in [2.05, 4.69) is 5.16 Å². The third kappa shape index (κ3) is 4.27. The van der Waals surface area contributed by atoms with Crippen LogP contribution in [-0.2, 0) is 14.8 Å². The van der Waals surface area contributed by atoms with Gasteiger partial charge < -0.3 is 18.9 Å². The van der Waals surface area contributed by atoms with Crippen LogP contribution >= 0.6 is 0 Å². The maximum Gasteiger partial charge on any atom is 0.318 e. The quantitative estimate of drug-likeness (QED) is 0.735. The number of nitrogens with zero attached hydrogens (tertiary/aromatic N) is 3. The van der Waals surface area contributed by atoms with Gasteiger partial charge in [0.2, 0.25) is 10.9 Å². The molecule has 138 valence electrons. The van der Waals surface area contributed by atoms with Crippen LogP contribution in [0.15, 0.2) is 26.2 Å². The first kappa shape index (κ1) is 19.2. The minimum Gasteiger partial charge on any atom is -0.480 e. The van der Waals surface area contributed by atoms with Gasteiger partial charge in [0.25, 0.3) is 10.0 Å². The summed E-state index contributed by atoms with van der Waals surface area (Å²) < 4.78 is 36.9. The van der Waals surface area contributed by atoms with Gasteiger partial charge in [-0.2, -0.15) is 4.31 Å². The fraction of sp³-hybridized carbons (Fsp3) is 0.467. The first-order valence-electron chi connectivity index (χ1n) is 7.52. The lowest BCUT2D eigenvalue weighted by atomic mass is 10.2. The van der Waals surface area contributed by atoms with Gasteiger partial charge in [0.05, 0.1) is 5.69 Å². The molecule has 0 bridgehead atoms. The van der Waals surface area contributed by atoms with Gasteiger partial charge in [-0.15, -0.1) is 0 Å². The molecule has 0 radical (unpaired) electrons. The number of sulfonamides is 1. The number of aryl methyl sites for hydroxylation is 1. The molecule has 0 aliphatic carbocycles. The van der Waals surface area contributed by atoms with E-state index < -0.39 is 22.5 Å². The van der Waals surface area contributed by atoms with Crippen LogP contribution in [0.3, 0.4) is 0 Å². The number of hydrogen-bond donors (Lipinski definition) is 1. The lowest BCUT2D eigenvalue weighted by Crippen LogP contribution is -2.39. The van der Waals surface area contributed by atoms with Crippen LogP contribution in [-0.4, -0.2) is 67.6 Å². The molecule has 0 saturated carbocycles. The van der Waals surface area contributed by atoms with Crippen molar-refractivity contribution >= 4 is 16.0 Å². The molecule has 0 saturated heterocycles. The van der Waals surface area contributed by atoms with Gasteiger partial charge in [0.15, 0.2) is 5.76 Å². The first-order chi connectivity index (χ1) is 11.6. The molecule has 1 N–H and O–H groups in total. The monoisotopic (exact) mass is 371 g/mol. The number of aliphatic carboxylic acids is 1. The number of furan rings is 1. The molecule has 10 heteroatoms. The van der Waals surface area contributed by atoms with E-state index in [1.807, 2.05) is 0 Å². The van der Waals surface area contributed by atoms with E-state index in [9.17, 15) is 13.2 Å². The predicted octanol–water partition coefficient (Wildman–Crippen LogP) is 1.19. The molecular weight excluding hydrogens is 350 g/mol. The van der Waals surface area contributed by atoms with Gasteiger partial charge in [0, 0.05) is 18.7 Å². The second kappa shape index (κ2) is 7.38. The number of rotatable bonds is 8. The van der Waals surface area contributed by atoms with E-state index in [1.54, 1.807) is 32.8 Å². The molecule has 2 rings (SSSR count). The third-order valence-electron chi connectivity index (χ3n) is 3.66. The van der Waals surface area contributed by atoms with Gasteiger partial charge in [0.1, 0.15) is 6.54 Å². The molecular formula is C15H21N3O6S. The topological polar surface area (TPSA) is 117 Å². The summed E-state index contributed by atoms with van der Waals surface area (Å²) in [6.07, 6.45) is 0. The van der Waals surface area contributed by atoms with E-state index in [4.69, 9.17) is 14.0 Å². The number of aromatic nitrogens is 1. The lowest BCUT2D eigenvalue weighted by molar-refractivity contribution is -0.137.